The number of hydrogen-bond acceptors (Lipinski definition) is 4. The van der Waals surface area contributed by atoms with E-state index in [9.17, 15) is 4.79 Å². The highest BCUT2D eigenvalue weighted by Crippen LogP contribution is 2.25. The van der Waals surface area contributed by atoms with E-state index >= 15 is 0 Å². The van der Waals surface area contributed by atoms with Crippen LogP contribution < -0.4 is 0 Å². The summed E-state index contributed by atoms with van der Waals surface area (Å²) in [4.78, 5) is 14.3. The number of amides is 1. The minimum atomic E-state index is 0.0841. The SMILES string of the molecule is Cc1ccc(-c2ccc(CCC(=O)N(C)Cc3noc4c3CCCC4)o2)cc1. The second-order valence-corrected chi connectivity index (χ2v) is 7.62. The van der Waals surface area contributed by atoms with E-state index in [1.807, 2.05) is 19.2 Å². The van der Waals surface area contributed by atoms with Crippen molar-refractivity contribution >= 4 is 5.91 Å². The monoisotopic (exact) mass is 378 g/mol. The summed E-state index contributed by atoms with van der Waals surface area (Å²) in [6, 6.07) is 12.2. The van der Waals surface area contributed by atoms with Gasteiger partial charge in [0.2, 0.25) is 5.91 Å². The molecule has 2 heterocycles. The molecule has 1 aliphatic rings. The van der Waals surface area contributed by atoms with Gasteiger partial charge in [0.05, 0.1) is 6.54 Å². The number of benzene rings is 1. The Morgan fingerprint density at radius 2 is 1.89 bits per heavy atom. The molecule has 0 unspecified atom stereocenters. The Balaban J connectivity index is 1.33. The predicted molar refractivity (Wildman–Crippen MR) is 107 cm³/mol. The van der Waals surface area contributed by atoms with Crippen molar-refractivity contribution in [3.8, 4) is 11.3 Å². The molecule has 0 aliphatic heterocycles. The lowest BCUT2D eigenvalue weighted by Gasteiger charge is -2.17. The highest BCUT2D eigenvalue weighted by Gasteiger charge is 2.21. The number of carbonyl (C=O) groups is 1. The summed E-state index contributed by atoms with van der Waals surface area (Å²) >= 11 is 0. The molecule has 28 heavy (non-hydrogen) atoms. The summed E-state index contributed by atoms with van der Waals surface area (Å²) < 4.78 is 11.4. The number of furan rings is 1. The predicted octanol–water partition coefficient (Wildman–Crippen LogP) is 4.71. The maximum atomic E-state index is 12.6. The quantitative estimate of drug-likeness (QED) is 0.623. The largest absolute Gasteiger partial charge is 0.461 e. The Labute approximate surface area is 165 Å². The summed E-state index contributed by atoms with van der Waals surface area (Å²) in [6.45, 7) is 2.57. The molecule has 0 saturated carbocycles. The molecule has 0 atom stereocenters. The summed E-state index contributed by atoms with van der Waals surface area (Å²) in [6.07, 6.45) is 5.29. The standard InChI is InChI=1S/C23H26N2O3/c1-16-7-9-17(10-8-16)21-13-11-18(27-21)12-14-23(26)25(2)15-20-19-5-3-4-6-22(19)28-24-20/h7-11,13H,3-6,12,14-15H2,1-2H3. The second kappa shape index (κ2) is 8.05. The number of nitrogens with zero attached hydrogens (tertiary/aromatic N) is 2. The van der Waals surface area contributed by atoms with Crippen molar-refractivity contribution in [3.05, 3.63) is 64.7 Å². The van der Waals surface area contributed by atoms with Crippen molar-refractivity contribution in [1.82, 2.24) is 10.1 Å². The topological polar surface area (TPSA) is 59.5 Å². The van der Waals surface area contributed by atoms with Crippen molar-refractivity contribution in [1.29, 1.82) is 0 Å². The molecule has 0 bridgehead atoms. The molecule has 1 aliphatic carbocycles. The molecule has 0 saturated heterocycles. The van der Waals surface area contributed by atoms with Gasteiger partial charge in [0.25, 0.3) is 0 Å². The molecule has 4 rings (SSSR count). The molecule has 0 fully saturated rings. The Bertz CT molecular complexity index is 953. The van der Waals surface area contributed by atoms with Gasteiger partial charge in [-0.25, -0.2) is 0 Å². The van der Waals surface area contributed by atoms with Crippen LogP contribution in [0.5, 0.6) is 0 Å². The van der Waals surface area contributed by atoms with Crippen LogP contribution in [0.1, 0.15) is 47.6 Å². The van der Waals surface area contributed by atoms with Gasteiger partial charge in [-0.05, 0) is 38.3 Å². The number of hydrogen-bond donors (Lipinski definition) is 0. The Hall–Kier alpha value is -2.82. The maximum absolute atomic E-state index is 12.6. The molecular weight excluding hydrogens is 352 g/mol. The fourth-order valence-electron chi connectivity index (χ4n) is 3.69. The molecule has 3 aromatic rings. The second-order valence-electron chi connectivity index (χ2n) is 7.62. The Morgan fingerprint density at radius 1 is 1.11 bits per heavy atom. The van der Waals surface area contributed by atoms with Gasteiger partial charge in [-0.1, -0.05) is 35.0 Å². The average Bonchev–Trinajstić information content (AvgIpc) is 3.34. The summed E-state index contributed by atoms with van der Waals surface area (Å²) in [5.41, 5.74) is 4.39. The third kappa shape index (κ3) is 4.03. The molecule has 5 heteroatoms. The first-order valence-electron chi connectivity index (χ1n) is 9.96. The molecule has 5 nitrogen and oxygen atoms in total. The zero-order valence-corrected chi connectivity index (χ0v) is 16.5. The van der Waals surface area contributed by atoms with E-state index in [0.29, 0.717) is 19.4 Å². The first kappa shape index (κ1) is 18.5. The first-order chi connectivity index (χ1) is 13.6. The molecule has 0 spiro atoms. The fraction of sp³-hybridized carbons (Fsp3) is 0.391. The summed E-state index contributed by atoms with van der Waals surface area (Å²) in [5.74, 6) is 2.75. The summed E-state index contributed by atoms with van der Waals surface area (Å²) in [7, 11) is 1.83. The van der Waals surface area contributed by atoms with E-state index in [1.165, 1.54) is 17.5 Å². The van der Waals surface area contributed by atoms with Gasteiger partial charge in [0.1, 0.15) is 23.0 Å². The molecule has 1 amide bonds. The number of fused-ring (bicyclic) bond motifs is 1. The number of aryl methyl sites for hydroxylation is 3. The average molecular weight is 378 g/mol. The minimum Gasteiger partial charge on any atom is -0.461 e. The van der Waals surface area contributed by atoms with Crippen molar-refractivity contribution in [2.24, 2.45) is 0 Å². The van der Waals surface area contributed by atoms with Crippen LogP contribution >= 0.6 is 0 Å². The lowest BCUT2D eigenvalue weighted by molar-refractivity contribution is -0.130. The third-order valence-corrected chi connectivity index (χ3v) is 5.43. The van der Waals surface area contributed by atoms with Gasteiger partial charge < -0.3 is 13.8 Å². The number of aromatic nitrogens is 1. The summed E-state index contributed by atoms with van der Waals surface area (Å²) in [5, 5.41) is 4.19. The van der Waals surface area contributed by atoms with Gasteiger partial charge in [-0.3, -0.25) is 4.79 Å². The van der Waals surface area contributed by atoms with Crippen LogP contribution in [0.2, 0.25) is 0 Å². The van der Waals surface area contributed by atoms with Crippen LogP contribution in [-0.2, 0) is 30.6 Å². The molecule has 146 valence electrons. The van der Waals surface area contributed by atoms with Crippen molar-refractivity contribution in [3.63, 3.8) is 0 Å². The van der Waals surface area contributed by atoms with Crippen LogP contribution in [0.25, 0.3) is 11.3 Å². The molecular formula is C23H26N2O3. The zero-order chi connectivity index (χ0) is 19.5. The van der Waals surface area contributed by atoms with E-state index in [0.717, 1.165) is 47.8 Å². The minimum absolute atomic E-state index is 0.0841. The third-order valence-electron chi connectivity index (χ3n) is 5.43. The van der Waals surface area contributed by atoms with E-state index < -0.39 is 0 Å². The number of carbonyl (C=O) groups excluding carboxylic acids is 1. The van der Waals surface area contributed by atoms with Gasteiger partial charge >= 0.3 is 0 Å². The Kier molecular flexibility index (Phi) is 5.33. The van der Waals surface area contributed by atoms with Crippen molar-refractivity contribution in [2.75, 3.05) is 7.05 Å². The van der Waals surface area contributed by atoms with Crippen LogP contribution in [0.15, 0.2) is 45.3 Å². The van der Waals surface area contributed by atoms with E-state index in [1.54, 1.807) is 4.90 Å². The van der Waals surface area contributed by atoms with Gasteiger partial charge in [-0.2, -0.15) is 0 Å². The fourth-order valence-corrected chi connectivity index (χ4v) is 3.69. The molecule has 0 radical (unpaired) electrons. The maximum Gasteiger partial charge on any atom is 0.223 e. The normalized spacial score (nSPS) is 13.4. The molecule has 1 aromatic carbocycles. The van der Waals surface area contributed by atoms with Gasteiger partial charge in [-0.15, -0.1) is 0 Å². The van der Waals surface area contributed by atoms with Gasteiger partial charge in [0.15, 0.2) is 0 Å². The van der Waals surface area contributed by atoms with E-state index in [-0.39, 0.29) is 5.91 Å². The Morgan fingerprint density at radius 3 is 2.71 bits per heavy atom. The number of rotatable bonds is 6. The van der Waals surface area contributed by atoms with Crippen LogP contribution in [-0.4, -0.2) is 23.0 Å². The van der Waals surface area contributed by atoms with Crippen LogP contribution in [0.3, 0.4) is 0 Å². The van der Waals surface area contributed by atoms with Crippen LogP contribution in [0.4, 0.5) is 0 Å². The highest BCUT2D eigenvalue weighted by molar-refractivity contribution is 5.76. The van der Waals surface area contributed by atoms with Crippen molar-refractivity contribution in [2.45, 2.75) is 52.0 Å². The lowest BCUT2D eigenvalue weighted by Crippen LogP contribution is -2.27. The van der Waals surface area contributed by atoms with Gasteiger partial charge in [0, 0.05) is 37.4 Å². The van der Waals surface area contributed by atoms with E-state index in [2.05, 4.69) is 36.3 Å². The van der Waals surface area contributed by atoms with Crippen LogP contribution in [0, 0.1) is 6.92 Å². The smallest absolute Gasteiger partial charge is 0.223 e. The molecule has 2 aromatic heterocycles. The lowest BCUT2D eigenvalue weighted by atomic mass is 9.96. The van der Waals surface area contributed by atoms with E-state index in [4.69, 9.17) is 8.94 Å². The van der Waals surface area contributed by atoms with Crippen molar-refractivity contribution < 1.29 is 13.7 Å². The molecule has 0 N–H and O–H groups in total. The zero-order valence-electron chi connectivity index (χ0n) is 16.5. The first-order valence-corrected chi connectivity index (χ1v) is 9.96. The highest BCUT2D eigenvalue weighted by atomic mass is 16.5.